The maximum Gasteiger partial charge on any atom is 0.418 e. The van der Waals surface area contributed by atoms with Gasteiger partial charge in [0.1, 0.15) is 0 Å². The molecule has 0 aromatic heterocycles. The van der Waals surface area contributed by atoms with Crippen LogP contribution in [0.25, 0.3) is 0 Å². The van der Waals surface area contributed by atoms with Crippen LogP contribution in [0.4, 0.5) is 0 Å². The fourth-order valence-corrected chi connectivity index (χ4v) is 0.451. The minimum absolute atomic E-state index is 0.268. The van der Waals surface area contributed by atoms with E-state index in [2.05, 4.69) is 9.47 Å². The lowest BCUT2D eigenvalue weighted by Gasteiger charge is -2.18. The normalized spacial score (nSPS) is 10.5. The third-order valence-electron chi connectivity index (χ3n) is 1.06. The maximum absolute atomic E-state index is 10.9. The molecule has 4 nitrogen and oxygen atoms in total. The number of esters is 1. The molecule has 0 aliphatic heterocycles. The van der Waals surface area contributed by atoms with Crippen molar-refractivity contribution < 1.29 is 19.1 Å². The number of hydrogen-bond donors (Lipinski definition) is 0. The second kappa shape index (κ2) is 3.95. The van der Waals surface area contributed by atoms with Crippen LogP contribution in [0.15, 0.2) is 0 Å². The van der Waals surface area contributed by atoms with Gasteiger partial charge in [-0.15, -0.1) is 0 Å². The monoisotopic (exact) mass is 159 g/mol. The fraction of sp³-hybridized carbons (Fsp3) is 0.714. The van der Waals surface area contributed by atoms with E-state index in [1.807, 2.05) is 0 Å². The lowest BCUT2D eigenvalue weighted by molar-refractivity contribution is -0.159. The smallest absolute Gasteiger partial charge is 0.418 e. The lowest BCUT2D eigenvalue weighted by atomic mass is 10.1. The van der Waals surface area contributed by atoms with Crippen molar-refractivity contribution in [3.63, 3.8) is 0 Å². The standard InChI is InChI=1S/C7H11O4/c1-4-10-6(9)7(2,3)11-5-8/h4H2,1-3H3. The average molecular weight is 159 g/mol. The summed E-state index contributed by atoms with van der Waals surface area (Å²) in [5.41, 5.74) is -1.22. The minimum Gasteiger partial charge on any atom is -0.463 e. The van der Waals surface area contributed by atoms with Crippen LogP contribution in [0, 0.1) is 0 Å². The molecule has 0 fully saturated rings. The highest BCUT2D eigenvalue weighted by Gasteiger charge is 2.31. The highest BCUT2D eigenvalue weighted by atomic mass is 16.6. The first-order chi connectivity index (χ1) is 5.04. The molecule has 0 saturated heterocycles. The van der Waals surface area contributed by atoms with Gasteiger partial charge in [-0.1, -0.05) is 0 Å². The Hall–Kier alpha value is -1.06. The number of rotatable bonds is 4. The molecular formula is C7H11O4. The van der Waals surface area contributed by atoms with Crippen molar-refractivity contribution in [3.05, 3.63) is 0 Å². The van der Waals surface area contributed by atoms with Crippen molar-refractivity contribution in [1.82, 2.24) is 0 Å². The van der Waals surface area contributed by atoms with E-state index in [4.69, 9.17) is 0 Å². The zero-order chi connectivity index (χ0) is 8.91. The van der Waals surface area contributed by atoms with E-state index in [1.54, 1.807) is 6.92 Å². The van der Waals surface area contributed by atoms with Crippen LogP contribution < -0.4 is 0 Å². The summed E-state index contributed by atoms with van der Waals surface area (Å²) in [6.45, 7) is 6.02. The van der Waals surface area contributed by atoms with Gasteiger partial charge in [0.05, 0.1) is 6.61 Å². The van der Waals surface area contributed by atoms with Crippen molar-refractivity contribution in [2.45, 2.75) is 26.4 Å². The van der Waals surface area contributed by atoms with Crippen molar-refractivity contribution in [2.75, 3.05) is 6.61 Å². The Balaban J connectivity index is 4.05. The summed E-state index contributed by atoms with van der Waals surface area (Å²) in [6.07, 6.45) is 0. The van der Waals surface area contributed by atoms with Crippen LogP contribution in [0.2, 0.25) is 0 Å². The van der Waals surface area contributed by atoms with Gasteiger partial charge in [-0.05, 0) is 20.8 Å². The number of carbonyl (C=O) groups excluding carboxylic acids is 2. The first kappa shape index (κ1) is 9.94. The molecule has 0 aliphatic rings. The van der Waals surface area contributed by atoms with Crippen molar-refractivity contribution in [1.29, 1.82) is 0 Å². The summed E-state index contributed by atoms with van der Waals surface area (Å²) in [5.74, 6) is -0.566. The Bertz CT molecular complexity index is 151. The Morgan fingerprint density at radius 1 is 1.55 bits per heavy atom. The van der Waals surface area contributed by atoms with E-state index in [0.717, 1.165) is 0 Å². The first-order valence-corrected chi connectivity index (χ1v) is 3.27. The fourth-order valence-electron chi connectivity index (χ4n) is 0.451. The van der Waals surface area contributed by atoms with E-state index in [-0.39, 0.29) is 6.61 Å². The van der Waals surface area contributed by atoms with Crippen molar-refractivity contribution in [3.8, 4) is 0 Å². The predicted molar refractivity (Wildman–Crippen MR) is 37.5 cm³/mol. The van der Waals surface area contributed by atoms with Gasteiger partial charge in [0, 0.05) is 0 Å². The topological polar surface area (TPSA) is 52.6 Å². The SMILES string of the molecule is CCOC(=O)C(C)(C)O[C]=O. The summed E-state index contributed by atoms with van der Waals surface area (Å²) in [7, 11) is 0. The van der Waals surface area contributed by atoms with E-state index in [1.165, 1.54) is 20.3 Å². The Morgan fingerprint density at radius 2 is 2.09 bits per heavy atom. The lowest BCUT2D eigenvalue weighted by Crippen LogP contribution is -2.36. The second-order valence-corrected chi connectivity index (χ2v) is 2.42. The molecule has 1 radical (unpaired) electrons. The van der Waals surface area contributed by atoms with Gasteiger partial charge in [-0.25, -0.2) is 9.59 Å². The molecule has 0 N–H and O–H groups in total. The minimum atomic E-state index is -1.22. The third kappa shape index (κ3) is 3.02. The predicted octanol–water partition coefficient (Wildman–Crippen LogP) is 0.412. The molecule has 0 aromatic carbocycles. The molecule has 0 heterocycles. The zero-order valence-corrected chi connectivity index (χ0v) is 6.84. The van der Waals surface area contributed by atoms with E-state index in [9.17, 15) is 9.59 Å². The van der Waals surface area contributed by atoms with Crippen LogP contribution in [0.5, 0.6) is 0 Å². The molecule has 4 heteroatoms. The van der Waals surface area contributed by atoms with Crippen LogP contribution in [-0.4, -0.2) is 24.6 Å². The Morgan fingerprint density at radius 3 is 2.45 bits per heavy atom. The van der Waals surface area contributed by atoms with Gasteiger partial charge in [0.25, 0.3) is 0 Å². The van der Waals surface area contributed by atoms with Crippen LogP contribution in [0.3, 0.4) is 0 Å². The van der Waals surface area contributed by atoms with Crippen LogP contribution in [-0.2, 0) is 19.1 Å². The molecule has 0 aromatic rings. The van der Waals surface area contributed by atoms with Crippen molar-refractivity contribution in [2.24, 2.45) is 0 Å². The average Bonchev–Trinajstić information content (AvgIpc) is 1.88. The Kier molecular flexibility index (Phi) is 3.57. The number of ether oxygens (including phenoxy) is 2. The molecular weight excluding hydrogens is 148 g/mol. The highest BCUT2D eigenvalue weighted by Crippen LogP contribution is 2.09. The molecule has 0 rings (SSSR count). The summed E-state index contributed by atoms with van der Waals surface area (Å²) < 4.78 is 8.98. The summed E-state index contributed by atoms with van der Waals surface area (Å²) in [4.78, 5) is 20.7. The summed E-state index contributed by atoms with van der Waals surface area (Å²) >= 11 is 0. The molecule has 0 saturated carbocycles. The second-order valence-electron chi connectivity index (χ2n) is 2.42. The summed E-state index contributed by atoms with van der Waals surface area (Å²) in [6, 6.07) is 0. The van der Waals surface area contributed by atoms with Gasteiger partial charge in [0.15, 0.2) is 0 Å². The molecule has 0 amide bonds. The zero-order valence-electron chi connectivity index (χ0n) is 6.84. The Labute approximate surface area is 65.5 Å². The number of carbonyl (C=O) groups is 1. The third-order valence-corrected chi connectivity index (χ3v) is 1.06. The first-order valence-electron chi connectivity index (χ1n) is 3.27. The largest absolute Gasteiger partial charge is 0.463 e. The summed E-state index contributed by atoms with van der Waals surface area (Å²) in [5, 5.41) is 0. The van der Waals surface area contributed by atoms with Crippen molar-refractivity contribution >= 4 is 12.4 Å². The molecule has 11 heavy (non-hydrogen) atoms. The molecule has 0 unspecified atom stereocenters. The van der Waals surface area contributed by atoms with E-state index >= 15 is 0 Å². The van der Waals surface area contributed by atoms with Crippen LogP contribution >= 0.6 is 0 Å². The molecule has 0 bridgehead atoms. The quantitative estimate of drug-likeness (QED) is 0.557. The van der Waals surface area contributed by atoms with Gasteiger partial charge < -0.3 is 9.47 Å². The molecule has 0 atom stereocenters. The van der Waals surface area contributed by atoms with Gasteiger partial charge >= 0.3 is 12.4 Å². The van der Waals surface area contributed by atoms with Gasteiger partial charge in [0.2, 0.25) is 5.60 Å². The number of hydrogen-bond acceptors (Lipinski definition) is 4. The highest BCUT2D eigenvalue weighted by molar-refractivity contribution is 5.79. The van der Waals surface area contributed by atoms with Gasteiger partial charge in [-0.3, -0.25) is 0 Å². The van der Waals surface area contributed by atoms with Gasteiger partial charge in [-0.2, -0.15) is 0 Å². The molecule has 63 valence electrons. The van der Waals surface area contributed by atoms with Crippen LogP contribution in [0.1, 0.15) is 20.8 Å². The molecule has 0 spiro atoms. The maximum atomic E-state index is 10.9. The molecule has 0 aliphatic carbocycles. The van der Waals surface area contributed by atoms with E-state index < -0.39 is 11.6 Å². The van der Waals surface area contributed by atoms with E-state index in [0.29, 0.717) is 0 Å².